The second kappa shape index (κ2) is 6.74. The normalized spacial score (nSPS) is 19.4. The van der Waals surface area contributed by atoms with Gasteiger partial charge < -0.3 is 10.1 Å². The molecule has 1 saturated heterocycles. The van der Waals surface area contributed by atoms with Gasteiger partial charge in [-0.15, -0.1) is 0 Å². The molecule has 2 rings (SSSR count). The van der Waals surface area contributed by atoms with Crippen molar-refractivity contribution in [1.29, 1.82) is 0 Å². The average molecular weight is 238 g/mol. The molecular weight excluding hydrogens is 216 g/mol. The van der Waals surface area contributed by atoms with E-state index in [1.54, 1.807) is 0 Å². The van der Waals surface area contributed by atoms with E-state index < -0.39 is 0 Å². The van der Waals surface area contributed by atoms with Gasteiger partial charge in [-0.05, 0) is 13.0 Å². The van der Waals surface area contributed by atoms with Gasteiger partial charge in [0.15, 0.2) is 0 Å². The minimum Gasteiger partial charge on any atom is -0.379 e. The molecule has 1 aromatic heterocycles. The van der Waals surface area contributed by atoms with Gasteiger partial charge in [-0.2, -0.15) is 5.10 Å². The highest BCUT2D eigenvalue weighted by atomic mass is 16.5. The molecular formula is C12H22N4O. The molecule has 0 spiro atoms. The van der Waals surface area contributed by atoms with Crippen molar-refractivity contribution in [1.82, 2.24) is 20.0 Å². The second-order valence-corrected chi connectivity index (χ2v) is 4.54. The summed E-state index contributed by atoms with van der Waals surface area (Å²) in [6.07, 6.45) is 3.82. The third-order valence-corrected chi connectivity index (χ3v) is 3.04. The fraction of sp³-hybridized carbons (Fsp3) is 0.750. The molecule has 0 amide bonds. The second-order valence-electron chi connectivity index (χ2n) is 4.54. The maximum Gasteiger partial charge on any atom is 0.0594 e. The Morgan fingerprint density at radius 3 is 2.94 bits per heavy atom. The number of nitrogens with zero attached hydrogens (tertiary/aromatic N) is 3. The summed E-state index contributed by atoms with van der Waals surface area (Å²) < 4.78 is 7.29. The monoisotopic (exact) mass is 238 g/mol. The van der Waals surface area contributed by atoms with Crippen LogP contribution in [0.4, 0.5) is 0 Å². The maximum absolute atomic E-state index is 5.32. The van der Waals surface area contributed by atoms with Gasteiger partial charge in [0, 0.05) is 44.6 Å². The van der Waals surface area contributed by atoms with Gasteiger partial charge in [0.25, 0.3) is 0 Å². The average Bonchev–Trinajstić information content (AvgIpc) is 2.83. The van der Waals surface area contributed by atoms with E-state index in [2.05, 4.69) is 22.2 Å². The molecule has 1 N–H and O–H groups in total. The summed E-state index contributed by atoms with van der Waals surface area (Å²) in [5.74, 6) is 0. The first-order valence-electron chi connectivity index (χ1n) is 6.35. The molecule has 0 bridgehead atoms. The molecule has 96 valence electrons. The largest absolute Gasteiger partial charge is 0.379 e. The Bertz CT molecular complexity index is 295. The molecule has 1 fully saturated rings. The summed E-state index contributed by atoms with van der Waals surface area (Å²) in [7, 11) is 0. The van der Waals surface area contributed by atoms with Crippen LogP contribution in [0.15, 0.2) is 18.5 Å². The Morgan fingerprint density at radius 1 is 1.41 bits per heavy atom. The predicted molar refractivity (Wildman–Crippen MR) is 67.0 cm³/mol. The first-order chi connectivity index (χ1) is 8.34. The molecule has 1 aromatic rings. The molecule has 5 nitrogen and oxygen atoms in total. The van der Waals surface area contributed by atoms with Gasteiger partial charge in [0.1, 0.15) is 0 Å². The number of ether oxygens (including phenoxy) is 1. The fourth-order valence-corrected chi connectivity index (χ4v) is 2.05. The van der Waals surface area contributed by atoms with Crippen molar-refractivity contribution in [3.63, 3.8) is 0 Å². The standard InChI is InChI=1S/C12H22N4O/c1-12(11-16-5-2-3-14-16)13-4-6-15-7-9-17-10-8-15/h2-3,5,12-13H,4,6-11H2,1H3. The zero-order chi connectivity index (χ0) is 11.9. The van der Waals surface area contributed by atoms with E-state index in [1.165, 1.54) is 0 Å². The lowest BCUT2D eigenvalue weighted by Crippen LogP contribution is -2.42. The Balaban J connectivity index is 1.58. The molecule has 17 heavy (non-hydrogen) atoms. The van der Waals surface area contributed by atoms with Crippen molar-refractivity contribution in [3.05, 3.63) is 18.5 Å². The molecule has 1 aliphatic rings. The summed E-state index contributed by atoms with van der Waals surface area (Å²) in [4.78, 5) is 2.44. The number of rotatable bonds is 6. The first kappa shape index (κ1) is 12.5. The molecule has 0 aromatic carbocycles. The molecule has 1 aliphatic heterocycles. The van der Waals surface area contributed by atoms with Crippen LogP contribution in [-0.2, 0) is 11.3 Å². The molecule has 0 radical (unpaired) electrons. The highest BCUT2D eigenvalue weighted by molar-refractivity contribution is 4.79. The zero-order valence-corrected chi connectivity index (χ0v) is 10.5. The predicted octanol–water partition coefficient (Wildman–Crippen LogP) is 0.193. The lowest BCUT2D eigenvalue weighted by Gasteiger charge is -2.27. The molecule has 0 saturated carbocycles. The van der Waals surface area contributed by atoms with Gasteiger partial charge in [-0.25, -0.2) is 0 Å². The van der Waals surface area contributed by atoms with Gasteiger partial charge in [-0.3, -0.25) is 9.58 Å². The zero-order valence-electron chi connectivity index (χ0n) is 10.5. The number of morpholine rings is 1. The van der Waals surface area contributed by atoms with Crippen LogP contribution in [0, 0.1) is 0 Å². The van der Waals surface area contributed by atoms with Crippen LogP contribution in [0.5, 0.6) is 0 Å². The minimum atomic E-state index is 0.455. The van der Waals surface area contributed by atoms with Crippen molar-refractivity contribution in [2.45, 2.75) is 19.5 Å². The van der Waals surface area contributed by atoms with Crippen LogP contribution >= 0.6 is 0 Å². The Morgan fingerprint density at radius 2 is 2.24 bits per heavy atom. The SMILES string of the molecule is CC(Cn1cccn1)NCCN1CCOCC1. The van der Waals surface area contributed by atoms with Crippen LogP contribution in [0.25, 0.3) is 0 Å². The van der Waals surface area contributed by atoms with E-state index in [0.717, 1.165) is 45.9 Å². The van der Waals surface area contributed by atoms with E-state index in [0.29, 0.717) is 6.04 Å². The molecule has 1 atom stereocenters. The molecule has 2 heterocycles. The Labute approximate surface area is 103 Å². The van der Waals surface area contributed by atoms with Crippen molar-refractivity contribution in [2.75, 3.05) is 39.4 Å². The van der Waals surface area contributed by atoms with Crippen molar-refractivity contribution < 1.29 is 4.74 Å². The van der Waals surface area contributed by atoms with Crippen LogP contribution in [-0.4, -0.2) is 60.1 Å². The smallest absolute Gasteiger partial charge is 0.0594 e. The van der Waals surface area contributed by atoms with Gasteiger partial charge >= 0.3 is 0 Å². The Kier molecular flexibility index (Phi) is 4.97. The summed E-state index contributed by atoms with van der Waals surface area (Å²) in [5.41, 5.74) is 0. The van der Waals surface area contributed by atoms with E-state index in [9.17, 15) is 0 Å². The lowest BCUT2D eigenvalue weighted by atomic mass is 10.3. The van der Waals surface area contributed by atoms with E-state index in [1.807, 2.05) is 23.1 Å². The number of aromatic nitrogens is 2. The Hall–Kier alpha value is -0.910. The maximum atomic E-state index is 5.32. The van der Waals surface area contributed by atoms with Crippen LogP contribution in [0.3, 0.4) is 0 Å². The van der Waals surface area contributed by atoms with Crippen LogP contribution in [0.1, 0.15) is 6.92 Å². The third kappa shape index (κ3) is 4.46. The van der Waals surface area contributed by atoms with E-state index in [-0.39, 0.29) is 0 Å². The summed E-state index contributed by atoms with van der Waals surface area (Å²) in [6.45, 7) is 9.14. The molecule has 0 aliphatic carbocycles. The van der Waals surface area contributed by atoms with E-state index in [4.69, 9.17) is 4.74 Å². The third-order valence-electron chi connectivity index (χ3n) is 3.04. The number of hydrogen-bond acceptors (Lipinski definition) is 4. The first-order valence-corrected chi connectivity index (χ1v) is 6.35. The highest BCUT2D eigenvalue weighted by Crippen LogP contribution is 1.95. The van der Waals surface area contributed by atoms with Gasteiger partial charge in [-0.1, -0.05) is 0 Å². The van der Waals surface area contributed by atoms with Crippen molar-refractivity contribution in [2.24, 2.45) is 0 Å². The van der Waals surface area contributed by atoms with Gasteiger partial charge in [0.05, 0.1) is 19.8 Å². The van der Waals surface area contributed by atoms with Crippen LogP contribution in [0.2, 0.25) is 0 Å². The van der Waals surface area contributed by atoms with Crippen LogP contribution < -0.4 is 5.32 Å². The highest BCUT2D eigenvalue weighted by Gasteiger charge is 2.10. The summed E-state index contributed by atoms with van der Waals surface area (Å²) >= 11 is 0. The summed E-state index contributed by atoms with van der Waals surface area (Å²) in [5, 5.41) is 7.73. The topological polar surface area (TPSA) is 42.3 Å². The molecule has 5 heteroatoms. The number of hydrogen-bond donors (Lipinski definition) is 1. The minimum absolute atomic E-state index is 0.455. The summed E-state index contributed by atoms with van der Waals surface area (Å²) in [6, 6.07) is 2.41. The lowest BCUT2D eigenvalue weighted by molar-refractivity contribution is 0.0381. The van der Waals surface area contributed by atoms with Crippen molar-refractivity contribution >= 4 is 0 Å². The van der Waals surface area contributed by atoms with E-state index >= 15 is 0 Å². The van der Waals surface area contributed by atoms with Gasteiger partial charge in [0.2, 0.25) is 0 Å². The quantitative estimate of drug-likeness (QED) is 0.768. The molecule has 1 unspecified atom stereocenters. The van der Waals surface area contributed by atoms with Crippen molar-refractivity contribution in [3.8, 4) is 0 Å². The number of nitrogens with one attached hydrogen (secondary N) is 1. The fourth-order valence-electron chi connectivity index (χ4n) is 2.05.